The summed E-state index contributed by atoms with van der Waals surface area (Å²) >= 11 is 3.02. The van der Waals surface area contributed by atoms with Crippen LogP contribution in [-0.2, 0) is 6.54 Å². The van der Waals surface area contributed by atoms with Crippen LogP contribution in [0.1, 0.15) is 6.92 Å². The Morgan fingerprint density at radius 3 is 2.89 bits per heavy atom. The summed E-state index contributed by atoms with van der Waals surface area (Å²) in [4.78, 5) is 22.0. The molecule has 1 aromatic rings. The van der Waals surface area contributed by atoms with E-state index < -0.39 is 4.92 Å². The molecule has 0 unspecified atom stereocenters. The summed E-state index contributed by atoms with van der Waals surface area (Å²) in [7, 11) is 0. The standard InChI is InChI=1S/C11H14BrN3O3/c1-3-13-5-8(2)6-14-7-9(15(17)18)4-10(12)11(14)16/h4,7,13H,2-3,5-6H2,1H3. The minimum Gasteiger partial charge on any atom is -0.313 e. The Bertz CT molecular complexity index is 525. The number of nitrogens with one attached hydrogen (secondary N) is 1. The molecule has 0 radical (unpaired) electrons. The van der Waals surface area contributed by atoms with Crippen molar-refractivity contribution in [1.29, 1.82) is 0 Å². The lowest BCUT2D eigenvalue weighted by molar-refractivity contribution is -0.385. The first kappa shape index (κ1) is 14.6. The highest BCUT2D eigenvalue weighted by Crippen LogP contribution is 2.14. The van der Waals surface area contributed by atoms with E-state index in [2.05, 4.69) is 27.8 Å². The van der Waals surface area contributed by atoms with E-state index in [0.29, 0.717) is 6.54 Å². The fraction of sp³-hybridized carbons (Fsp3) is 0.364. The number of nitro groups is 1. The first-order chi connectivity index (χ1) is 8.45. The third-order valence-electron chi connectivity index (χ3n) is 2.26. The fourth-order valence-corrected chi connectivity index (χ4v) is 1.86. The van der Waals surface area contributed by atoms with Crippen molar-refractivity contribution in [2.24, 2.45) is 0 Å². The summed E-state index contributed by atoms with van der Waals surface area (Å²) in [5.41, 5.74) is 0.349. The van der Waals surface area contributed by atoms with E-state index >= 15 is 0 Å². The molecule has 0 bridgehead atoms. The highest BCUT2D eigenvalue weighted by Gasteiger charge is 2.12. The molecule has 0 aliphatic carbocycles. The van der Waals surface area contributed by atoms with Crippen molar-refractivity contribution in [2.45, 2.75) is 13.5 Å². The lowest BCUT2D eigenvalue weighted by Crippen LogP contribution is -2.25. The van der Waals surface area contributed by atoms with Crippen molar-refractivity contribution in [3.05, 3.63) is 49.4 Å². The molecule has 18 heavy (non-hydrogen) atoms. The van der Waals surface area contributed by atoms with Gasteiger partial charge in [-0.05, 0) is 28.0 Å². The summed E-state index contributed by atoms with van der Waals surface area (Å²) < 4.78 is 1.45. The largest absolute Gasteiger partial charge is 0.313 e. The molecule has 7 heteroatoms. The van der Waals surface area contributed by atoms with E-state index in [9.17, 15) is 14.9 Å². The monoisotopic (exact) mass is 315 g/mol. The number of aromatic nitrogens is 1. The Balaban J connectivity index is 2.98. The zero-order valence-corrected chi connectivity index (χ0v) is 11.6. The first-order valence-electron chi connectivity index (χ1n) is 5.37. The smallest absolute Gasteiger partial charge is 0.286 e. The second-order valence-corrected chi connectivity index (χ2v) is 4.62. The molecule has 98 valence electrons. The van der Waals surface area contributed by atoms with Crippen molar-refractivity contribution in [2.75, 3.05) is 13.1 Å². The normalized spacial score (nSPS) is 10.3. The van der Waals surface area contributed by atoms with Gasteiger partial charge in [0.1, 0.15) is 0 Å². The molecule has 1 N–H and O–H groups in total. The van der Waals surface area contributed by atoms with Crippen molar-refractivity contribution in [3.63, 3.8) is 0 Å². The lowest BCUT2D eigenvalue weighted by atomic mass is 10.3. The van der Waals surface area contributed by atoms with Gasteiger partial charge in [0.25, 0.3) is 11.2 Å². The Labute approximate surface area is 113 Å². The molecule has 1 heterocycles. The summed E-state index contributed by atoms with van der Waals surface area (Å²) in [6, 6.07) is 1.20. The second-order valence-electron chi connectivity index (χ2n) is 3.77. The van der Waals surface area contributed by atoms with Gasteiger partial charge in [-0.25, -0.2) is 0 Å². The molecular formula is C11H14BrN3O3. The predicted octanol–water partition coefficient (Wildman–Crippen LogP) is 1.68. The van der Waals surface area contributed by atoms with Gasteiger partial charge in [-0.1, -0.05) is 13.5 Å². The van der Waals surface area contributed by atoms with Crippen molar-refractivity contribution < 1.29 is 4.92 Å². The number of halogens is 1. The van der Waals surface area contributed by atoms with Crippen LogP contribution >= 0.6 is 15.9 Å². The van der Waals surface area contributed by atoms with E-state index in [1.807, 2.05) is 6.92 Å². The fourth-order valence-electron chi connectivity index (χ4n) is 1.40. The molecule has 0 aliphatic heterocycles. The Hall–Kier alpha value is -1.47. The summed E-state index contributed by atoms with van der Waals surface area (Å²) in [5.74, 6) is 0. The van der Waals surface area contributed by atoms with Crippen LogP contribution in [-0.4, -0.2) is 22.6 Å². The van der Waals surface area contributed by atoms with Gasteiger partial charge in [-0.3, -0.25) is 14.9 Å². The van der Waals surface area contributed by atoms with Gasteiger partial charge in [0.2, 0.25) is 0 Å². The Morgan fingerprint density at radius 1 is 1.67 bits per heavy atom. The van der Waals surface area contributed by atoms with Gasteiger partial charge in [-0.2, -0.15) is 0 Å². The number of rotatable bonds is 6. The van der Waals surface area contributed by atoms with Crippen LogP contribution < -0.4 is 10.9 Å². The number of likely N-dealkylation sites (N-methyl/N-ethyl adjacent to an activating group) is 1. The highest BCUT2D eigenvalue weighted by molar-refractivity contribution is 9.10. The van der Waals surface area contributed by atoms with E-state index in [0.717, 1.165) is 12.1 Å². The van der Waals surface area contributed by atoms with Crippen molar-refractivity contribution in [1.82, 2.24) is 9.88 Å². The molecular weight excluding hydrogens is 302 g/mol. The maximum atomic E-state index is 11.8. The summed E-state index contributed by atoms with van der Waals surface area (Å²) in [5, 5.41) is 13.8. The molecule has 0 saturated carbocycles. The average Bonchev–Trinajstić information content (AvgIpc) is 2.31. The SMILES string of the molecule is C=C(CNCC)Cn1cc([N+](=O)[O-])cc(Br)c1=O. The Kier molecular flexibility index (Phi) is 5.24. The van der Waals surface area contributed by atoms with Gasteiger partial charge in [0.15, 0.2) is 0 Å². The van der Waals surface area contributed by atoms with Crippen LogP contribution in [0.15, 0.2) is 33.7 Å². The number of pyridine rings is 1. The van der Waals surface area contributed by atoms with Gasteiger partial charge < -0.3 is 9.88 Å². The molecule has 0 aromatic carbocycles. The maximum absolute atomic E-state index is 11.8. The van der Waals surface area contributed by atoms with Crippen LogP contribution in [0.2, 0.25) is 0 Å². The number of nitrogens with zero attached hydrogens (tertiary/aromatic N) is 2. The molecule has 0 spiro atoms. The molecule has 0 fully saturated rings. The van der Waals surface area contributed by atoms with Crippen molar-refractivity contribution in [3.8, 4) is 0 Å². The summed E-state index contributed by atoms with van der Waals surface area (Å²) in [6.07, 6.45) is 1.23. The quantitative estimate of drug-likeness (QED) is 0.492. The van der Waals surface area contributed by atoms with Crippen LogP contribution in [0.4, 0.5) is 5.69 Å². The third kappa shape index (κ3) is 3.78. The minimum absolute atomic E-state index is 0.127. The van der Waals surface area contributed by atoms with Crippen LogP contribution in [0, 0.1) is 10.1 Å². The molecule has 1 rings (SSSR count). The number of hydrogen-bond donors (Lipinski definition) is 1. The van der Waals surface area contributed by atoms with E-state index in [4.69, 9.17) is 0 Å². The second kappa shape index (κ2) is 6.46. The van der Waals surface area contributed by atoms with E-state index in [1.165, 1.54) is 16.8 Å². The van der Waals surface area contributed by atoms with Crippen LogP contribution in [0.3, 0.4) is 0 Å². The predicted molar refractivity (Wildman–Crippen MR) is 72.7 cm³/mol. The zero-order valence-electron chi connectivity index (χ0n) is 9.98. The molecule has 0 amide bonds. The lowest BCUT2D eigenvalue weighted by Gasteiger charge is -2.09. The average molecular weight is 316 g/mol. The molecule has 1 aromatic heterocycles. The zero-order chi connectivity index (χ0) is 13.7. The van der Waals surface area contributed by atoms with E-state index in [-0.39, 0.29) is 22.3 Å². The van der Waals surface area contributed by atoms with Crippen molar-refractivity contribution >= 4 is 21.6 Å². The van der Waals surface area contributed by atoms with E-state index in [1.54, 1.807) is 0 Å². The third-order valence-corrected chi connectivity index (χ3v) is 2.83. The van der Waals surface area contributed by atoms with Crippen LogP contribution in [0.25, 0.3) is 0 Å². The van der Waals surface area contributed by atoms with Gasteiger partial charge >= 0.3 is 0 Å². The van der Waals surface area contributed by atoms with Crippen LogP contribution in [0.5, 0.6) is 0 Å². The Morgan fingerprint density at radius 2 is 2.33 bits per heavy atom. The molecule has 0 saturated heterocycles. The first-order valence-corrected chi connectivity index (χ1v) is 6.16. The van der Waals surface area contributed by atoms with Gasteiger partial charge in [-0.15, -0.1) is 0 Å². The topological polar surface area (TPSA) is 77.2 Å². The molecule has 0 aliphatic rings. The number of hydrogen-bond acceptors (Lipinski definition) is 4. The highest BCUT2D eigenvalue weighted by atomic mass is 79.9. The summed E-state index contributed by atoms with van der Waals surface area (Å²) in [6.45, 7) is 7.41. The van der Waals surface area contributed by atoms with Gasteiger partial charge in [0, 0.05) is 19.2 Å². The minimum atomic E-state index is -0.534. The van der Waals surface area contributed by atoms with Gasteiger partial charge in [0.05, 0.1) is 15.6 Å². The molecule has 0 atom stereocenters. The maximum Gasteiger partial charge on any atom is 0.286 e. The molecule has 6 nitrogen and oxygen atoms in total.